The Hall–Kier alpha value is -0.0400. The average Bonchev–Trinajstić information content (AvgIpc) is 2.52. The monoisotopic (exact) mass is 332 g/mol. The quantitative estimate of drug-likeness (QED) is 0.666. The van der Waals surface area contributed by atoms with Gasteiger partial charge in [0.15, 0.2) is 0 Å². The molecule has 8 unspecified atom stereocenters. The first-order valence-electron chi connectivity index (χ1n) is 11.1. The van der Waals surface area contributed by atoms with E-state index >= 15 is 0 Å². The van der Waals surface area contributed by atoms with Crippen molar-refractivity contribution in [1.82, 2.24) is 0 Å². The molecule has 0 aromatic carbocycles. The van der Waals surface area contributed by atoms with E-state index in [1.807, 2.05) is 0 Å². The topological polar surface area (TPSA) is 20.2 Å². The van der Waals surface area contributed by atoms with E-state index in [0.717, 1.165) is 35.5 Å². The highest BCUT2D eigenvalue weighted by Crippen LogP contribution is 2.64. The molecule has 4 bridgehead atoms. The summed E-state index contributed by atoms with van der Waals surface area (Å²) < 4.78 is 0. The molecule has 0 aliphatic heterocycles. The van der Waals surface area contributed by atoms with Gasteiger partial charge in [0.1, 0.15) is 0 Å². The number of fused-ring (bicyclic) bond motifs is 4. The van der Waals surface area contributed by atoms with Crippen LogP contribution in [0.4, 0.5) is 0 Å². The Morgan fingerprint density at radius 3 is 2.21 bits per heavy atom. The van der Waals surface area contributed by atoms with Crippen LogP contribution in [0.1, 0.15) is 91.4 Å². The maximum atomic E-state index is 10.3. The van der Waals surface area contributed by atoms with E-state index in [1.165, 1.54) is 70.6 Å². The fourth-order valence-corrected chi connectivity index (χ4v) is 8.56. The van der Waals surface area contributed by atoms with Gasteiger partial charge in [0.05, 0.1) is 0 Å². The number of hydrogen-bond acceptors (Lipinski definition) is 1. The van der Waals surface area contributed by atoms with Crippen molar-refractivity contribution >= 4 is 0 Å². The molecule has 4 rings (SSSR count). The molecule has 4 aliphatic carbocycles. The third-order valence-corrected chi connectivity index (χ3v) is 8.86. The first-order valence-corrected chi connectivity index (χ1v) is 11.1. The van der Waals surface area contributed by atoms with Gasteiger partial charge in [-0.3, -0.25) is 0 Å². The van der Waals surface area contributed by atoms with Crippen LogP contribution in [0.5, 0.6) is 0 Å². The number of hydrogen-bond donors (Lipinski definition) is 1. The minimum atomic E-state index is 0.287. The predicted molar refractivity (Wildman–Crippen MR) is 101 cm³/mol. The zero-order chi connectivity index (χ0) is 16.9. The molecule has 1 N–H and O–H groups in total. The normalized spacial score (nSPS) is 54.5. The molecular weight excluding hydrogens is 292 g/mol. The Morgan fingerprint density at radius 2 is 1.50 bits per heavy atom. The van der Waals surface area contributed by atoms with Crippen LogP contribution in [0.3, 0.4) is 0 Å². The number of rotatable bonds is 3. The van der Waals surface area contributed by atoms with Crippen molar-refractivity contribution in [2.24, 2.45) is 46.3 Å². The molecule has 0 radical (unpaired) electrons. The van der Waals surface area contributed by atoms with Crippen molar-refractivity contribution in [3.63, 3.8) is 0 Å². The second kappa shape index (κ2) is 6.29. The summed E-state index contributed by atoms with van der Waals surface area (Å²) in [6.07, 6.45) is 15.8. The van der Waals surface area contributed by atoms with Crippen LogP contribution in [0.25, 0.3) is 0 Å². The lowest BCUT2D eigenvalue weighted by molar-refractivity contribution is -0.107. The molecule has 4 saturated carbocycles. The fourth-order valence-electron chi connectivity index (χ4n) is 8.56. The van der Waals surface area contributed by atoms with Crippen LogP contribution < -0.4 is 0 Å². The molecular formula is C23H40O. The van der Waals surface area contributed by atoms with Crippen LogP contribution in [-0.4, -0.2) is 11.7 Å². The predicted octanol–water partition coefficient (Wildman–Crippen LogP) is 6.05. The molecule has 0 amide bonds. The molecule has 0 aromatic rings. The van der Waals surface area contributed by atoms with E-state index in [4.69, 9.17) is 0 Å². The van der Waals surface area contributed by atoms with Crippen LogP contribution in [0.2, 0.25) is 0 Å². The summed E-state index contributed by atoms with van der Waals surface area (Å²) in [6, 6.07) is 0. The minimum absolute atomic E-state index is 0.287. The lowest BCUT2D eigenvalue weighted by Gasteiger charge is -2.60. The van der Waals surface area contributed by atoms with Crippen molar-refractivity contribution in [3.8, 4) is 0 Å². The Labute approximate surface area is 150 Å². The lowest BCUT2D eigenvalue weighted by Crippen LogP contribution is -2.51. The van der Waals surface area contributed by atoms with E-state index < -0.39 is 0 Å². The van der Waals surface area contributed by atoms with Gasteiger partial charge in [-0.15, -0.1) is 0 Å². The van der Waals surface area contributed by atoms with E-state index in [9.17, 15) is 5.11 Å². The molecule has 0 saturated heterocycles. The Balaban J connectivity index is 1.61. The summed E-state index contributed by atoms with van der Waals surface area (Å²) in [7, 11) is 0. The van der Waals surface area contributed by atoms with E-state index in [-0.39, 0.29) is 5.41 Å². The van der Waals surface area contributed by atoms with E-state index in [0.29, 0.717) is 12.0 Å². The molecule has 0 heterocycles. The molecule has 24 heavy (non-hydrogen) atoms. The van der Waals surface area contributed by atoms with Gasteiger partial charge in [0.25, 0.3) is 0 Å². The van der Waals surface area contributed by atoms with Gasteiger partial charge in [0, 0.05) is 6.61 Å². The molecule has 4 fully saturated rings. The molecule has 0 spiro atoms. The van der Waals surface area contributed by atoms with Gasteiger partial charge in [0.2, 0.25) is 0 Å². The molecule has 1 nitrogen and oxygen atoms in total. The van der Waals surface area contributed by atoms with Gasteiger partial charge in [-0.05, 0) is 111 Å². The molecule has 0 aromatic heterocycles. The highest BCUT2D eigenvalue weighted by Gasteiger charge is 2.54. The molecule has 1 heteroatoms. The minimum Gasteiger partial charge on any atom is -0.396 e. The van der Waals surface area contributed by atoms with Crippen LogP contribution in [0.15, 0.2) is 0 Å². The summed E-state index contributed by atoms with van der Waals surface area (Å²) in [5, 5.41) is 10.3. The smallest absolute Gasteiger partial charge is 0.0487 e. The standard InChI is InChI=1S/C23H40O/c1-4-18-7-19-6-17(3)10-23(12-18,13-19)21-8-20-5-16(2)9-22(11-20,14-21)15-24/h16-21,24H,4-15H2,1-3H3. The first-order chi connectivity index (χ1) is 11.5. The average molecular weight is 333 g/mol. The Bertz CT molecular complexity index is 451. The Kier molecular flexibility index (Phi) is 4.55. The highest BCUT2D eigenvalue weighted by molar-refractivity contribution is 5.04. The SMILES string of the molecule is CCC1CC2CC(C)CC(C3CC4CC(C)CC(CO)(C4)C3)(C1)C2. The summed E-state index contributed by atoms with van der Waals surface area (Å²) in [6.45, 7) is 7.84. The third kappa shape index (κ3) is 2.97. The van der Waals surface area contributed by atoms with Gasteiger partial charge in [-0.2, -0.15) is 0 Å². The molecule has 4 aliphatic rings. The van der Waals surface area contributed by atoms with Crippen molar-refractivity contribution in [3.05, 3.63) is 0 Å². The second-order valence-electron chi connectivity index (χ2n) is 11.1. The van der Waals surface area contributed by atoms with E-state index in [2.05, 4.69) is 20.8 Å². The summed E-state index contributed by atoms with van der Waals surface area (Å²) in [4.78, 5) is 0. The maximum absolute atomic E-state index is 10.3. The largest absolute Gasteiger partial charge is 0.396 e. The van der Waals surface area contributed by atoms with E-state index in [1.54, 1.807) is 0 Å². The van der Waals surface area contributed by atoms with Crippen LogP contribution in [-0.2, 0) is 0 Å². The highest BCUT2D eigenvalue weighted by atomic mass is 16.3. The van der Waals surface area contributed by atoms with Gasteiger partial charge >= 0.3 is 0 Å². The van der Waals surface area contributed by atoms with Gasteiger partial charge in [-0.25, -0.2) is 0 Å². The van der Waals surface area contributed by atoms with Crippen molar-refractivity contribution < 1.29 is 5.11 Å². The van der Waals surface area contributed by atoms with Crippen LogP contribution in [0, 0.1) is 46.3 Å². The summed E-state index contributed by atoms with van der Waals surface area (Å²) >= 11 is 0. The number of aliphatic hydroxyl groups is 1. The number of aliphatic hydroxyl groups excluding tert-OH is 1. The van der Waals surface area contributed by atoms with Crippen molar-refractivity contribution in [2.75, 3.05) is 6.61 Å². The zero-order valence-electron chi connectivity index (χ0n) is 16.4. The summed E-state index contributed by atoms with van der Waals surface area (Å²) in [5.74, 6) is 5.59. The van der Waals surface area contributed by atoms with Gasteiger partial charge < -0.3 is 5.11 Å². The molecule has 138 valence electrons. The van der Waals surface area contributed by atoms with Crippen molar-refractivity contribution in [2.45, 2.75) is 91.4 Å². The van der Waals surface area contributed by atoms with Crippen molar-refractivity contribution in [1.29, 1.82) is 0 Å². The molecule has 8 atom stereocenters. The Morgan fingerprint density at radius 1 is 0.792 bits per heavy atom. The third-order valence-electron chi connectivity index (χ3n) is 8.86. The lowest BCUT2D eigenvalue weighted by atomic mass is 9.45. The summed E-state index contributed by atoms with van der Waals surface area (Å²) in [5.41, 5.74) is 0.927. The second-order valence-corrected chi connectivity index (χ2v) is 11.1. The zero-order valence-corrected chi connectivity index (χ0v) is 16.4. The van der Waals surface area contributed by atoms with Gasteiger partial charge in [-0.1, -0.05) is 27.2 Å². The van der Waals surface area contributed by atoms with Crippen LogP contribution >= 0.6 is 0 Å². The first kappa shape index (κ1) is 17.4. The maximum Gasteiger partial charge on any atom is 0.0487 e. The fraction of sp³-hybridized carbons (Fsp3) is 1.00.